The number of nitrogens with one attached hydrogen (secondary N) is 1. The van der Waals surface area contributed by atoms with Gasteiger partial charge in [0.05, 0.1) is 6.54 Å². The molecule has 0 bridgehead atoms. The van der Waals surface area contributed by atoms with E-state index in [-0.39, 0.29) is 5.91 Å². The molecule has 4 heterocycles. The van der Waals surface area contributed by atoms with E-state index in [0.717, 1.165) is 80.3 Å². The van der Waals surface area contributed by atoms with Crippen molar-refractivity contribution in [2.45, 2.75) is 45.4 Å². The Bertz CT molecular complexity index is 862. The van der Waals surface area contributed by atoms with E-state index in [1.807, 2.05) is 17.9 Å². The maximum absolute atomic E-state index is 12.6. The van der Waals surface area contributed by atoms with Gasteiger partial charge in [0.1, 0.15) is 5.82 Å². The number of hydrogen-bond donors (Lipinski definition) is 1. The number of hydrogen-bond acceptors (Lipinski definition) is 5. The van der Waals surface area contributed by atoms with E-state index < -0.39 is 0 Å². The van der Waals surface area contributed by atoms with Gasteiger partial charge in [0.15, 0.2) is 0 Å². The molecule has 0 saturated carbocycles. The van der Waals surface area contributed by atoms with E-state index in [2.05, 4.69) is 40.3 Å². The first-order valence-electron chi connectivity index (χ1n) is 10.8. The van der Waals surface area contributed by atoms with Crippen LogP contribution >= 0.6 is 0 Å². The van der Waals surface area contributed by atoms with Gasteiger partial charge in [-0.2, -0.15) is 0 Å². The van der Waals surface area contributed by atoms with E-state index in [0.29, 0.717) is 12.5 Å². The second-order valence-electron chi connectivity index (χ2n) is 8.38. The SMILES string of the molecule is Cc1cc(Nc2ncccc2C)cc([C@@H]2CCCN(CC(=O)N3CCCC3)C2)n1. The number of piperidine rings is 1. The molecule has 2 aliphatic heterocycles. The number of likely N-dealkylation sites (tertiary alicyclic amines) is 2. The van der Waals surface area contributed by atoms with Crippen molar-refractivity contribution in [2.24, 2.45) is 0 Å². The van der Waals surface area contributed by atoms with E-state index in [9.17, 15) is 4.79 Å². The number of carbonyl (C=O) groups is 1. The highest BCUT2D eigenvalue weighted by molar-refractivity contribution is 5.78. The number of pyridine rings is 2. The second kappa shape index (κ2) is 8.91. The first kappa shape index (κ1) is 19.8. The Morgan fingerprint density at radius 1 is 1.17 bits per heavy atom. The predicted molar refractivity (Wildman–Crippen MR) is 115 cm³/mol. The molecule has 2 aromatic rings. The molecule has 0 unspecified atom stereocenters. The van der Waals surface area contributed by atoms with Crippen LogP contribution in [0.1, 0.15) is 48.6 Å². The highest BCUT2D eigenvalue weighted by Crippen LogP contribution is 2.29. The molecule has 1 atom stereocenters. The Hall–Kier alpha value is -2.47. The number of amides is 1. The van der Waals surface area contributed by atoms with Crippen molar-refractivity contribution in [3.05, 3.63) is 47.4 Å². The fraction of sp³-hybridized carbons (Fsp3) is 0.522. The molecule has 6 heteroatoms. The smallest absolute Gasteiger partial charge is 0.236 e. The molecule has 2 aliphatic rings. The van der Waals surface area contributed by atoms with Gasteiger partial charge < -0.3 is 10.2 Å². The average molecular weight is 394 g/mol. The predicted octanol–water partition coefficient (Wildman–Crippen LogP) is 3.64. The number of rotatable bonds is 5. The minimum Gasteiger partial charge on any atom is -0.342 e. The van der Waals surface area contributed by atoms with Crippen LogP contribution in [0.4, 0.5) is 11.5 Å². The van der Waals surface area contributed by atoms with Crippen LogP contribution in [-0.4, -0.2) is 58.4 Å². The number of aryl methyl sites for hydroxylation is 2. The zero-order valence-corrected chi connectivity index (χ0v) is 17.5. The first-order valence-corrected chi connectivity index (χ1v) is 10.8. The summed E-state index contributed by atoms with van der Waals surface area (Å²) >= 11 is 0. The molecule has 0 spiro atoms. The molecule has 0 aliphatic carbocycles. The van der Waals surface area contributed by atoms with Crippen molar-refractivity contribution in [2.75, 3.05) is 38.0 Å². The standard InChI is InChI=1S/C23H31N5O/c1-17-7-5-9-24-23(17)26-20-13-18(2)25-21(14-20)19-8-6-10-27(15-19)16-22(29)28-11-3-4-12-28/h5,7,9,13-14,19H,3-4,6,8,10-12,15-16H2,1-2H3,(H,24,25,26)/t19-/m1/s1. The van der Waals surface area contributed by atoms with E-state index >= 15 is 0 Å². The van der Waals surface area contributed by atoms with E-state index in [1.165, 1.54) is 0 Å². The monoisotopic (exact) mass is 393 g/mol. The second-order valence-corrected chi connectivity index (χ2v) is 8.38. The Labute approximate surface area is 173 Å². The largest absolute Gasteiger partial charge is 0.342 e. The quantitative estimate of drug-likeness (QED) is 0.840. The maximum Gasteiger partial charge on any atom is 0.236 e. The van der Waals surface area contributed by atoms with Crippen LogP contribution in [0.15, 0.2) is 30.5 Å². The lowest BCUT2D eigenvalue weighted by molar-refractivity contribution is -0.131. The van der Waals surface area contributed by atoms with E-state index in [4.69, 9.17) is 4.98 Å². The van der Waals surface area contributed by atoms with Gasteiger partial charge in [-0.15, -0.1) is 0 Å². The molecule has 2 saturated heterocycles. The lowest BCUT2D eigenvalue weighted by Gasteiger charge is -2.33. The normalized spacial score (nSPS) is 20.1. The van der Waals surface area contributed by atoms with Gasteiger partial charge in [-0.1, -0.05) is 6.07 Å². The molecule has 2 fully saturated rings. The summed E-state index contributed by atoms with van der Waals surface area (Å²) in [6.45, 7) is 8.39. The summed E-state index contributed by atoms with van der Waals surface area (Å²) in [4.78, 5) is 26.2. The van der Waals surface area contributed by atoms with Crippen LogP contribution in [0.2, 0.25) is 0 Å². The highest BCUT2D eigenvalue weighted by Gasteiger charge is 2.26. The van der Waals surface area contributed by atoms with Gasteiger partial charge in [-0.05, 0) is 69.8 Å². The Morgan fingerprint density at radius 3 is 2.79 bits per heavy atom. The van der Waals surface area contributed by atoms with Crippen molar-refractivity contribution < 1.29 is 4.79 Å². The zero-order chi connectivity index (χ0) is 20.2. The van der Waals surface area contributed by atoms with E-state index in [1.54, 1.807) is 6.20 Å². The molecule has 2 aromatic heterocycles. The fourth-order valence-corrected chi connectivity index (χ4v) is 4.43. The van der Waals surface area contributed by atoms with Crippen LogP contribution in [0.25, 0.3) is 0 Å². The zero-order valence-electron chi connectivity index (χ0n) is 17.5. The van der Waals surface area contributed by atoms with Crippen LogP contribution < -0.4 is 5.32 Å². The van der Waals surface area contributed by atoms with Crippen LogP contribution in [0.3, 0.4) is 0 Å². The summed E-state index contributed by atoms with van der Waals surface area (Å²) < 4.78 is 0. The minimum atomic E-state index is 0.285. The number of nitrogens with zero attached hydrogens (tertiary/aromatic N) is 4. The Kier molecular flexibility index (Phi) is 6.09. The summed E-state index contributed by atoms with van der Waals surface area (Å²) in [5.41, 5.74) is 4.26. The maximum atomic E-state index is 12.6. The van der Waals surface area contributed by atoms with Crippen molar-refractivity contribution in [1.29, 1.82) is 0 Å². The molecule has 154 valence electrons. The molecule has 29 heavy (non-hydrogen) atoms. The minimum absolute atomic E-state index is 0.285. The summed E-state index contributed by atoms with van der Waals surface area (Å²) in [7, 11) is 0. The molecule has 0 radical (unpaired) electrons. The first-order chi connectivity index (χ1) is 14.1. The Morgan fingerprint density at radius 2 is 2.00 bits per heavy atom. The van der Waals surface area contributed by atoms with Crippen LogP contribution in [0, 0.1) is 13.8 Å². The molecule has 6 nitrogen and oxygen atoms in total. The molecular weight excluding hydrogens is 362 g/mol. The van der Waals surface area contributed by atoms with Crippen molar-refractivity contribution in [3.63, 3.8) is 0 Å². The molecule has 1 N–H and O–H groups in total. The summed E-state index contributed by atoms with van der Waals surface area (Å²) in [5.74, 6) is 1.53. The van der Waals surface area contributed by atoms with Gasteiger partial charge in [-0.3, -0.25) is 14.7 Å². The molecule has 4 rings (SSSR count). The van der Waals surface area contributed by atoms with Gasteiger partial charge in [-0.25, -0.2) is 4.98 Å². The summed E-state index contributed by atoms with van der Waals surface area (Å²) in [5, 5.41) is 3.45. The topological polar surface area (TPSA) is 61.4 Å². The summed E-state index contributed by atoms with van der Waals surface area (Å²) in [6, 6.07) is 8.22. The summed E-state index contributed by atoms with van der Waals surface area (Å²) in [6.07, 6.45) is 6.32. The molecule has 1 amide bonds. The van der Waals surface area contributed by atoms with Crippen LogP contribution in [-0.2, 0) is 4.79 Å². The number of carbonyl (C=O) groups excluding carboxylic acids is 1. The van der Waals surface area contributed by atoms with Crippen molar-refractivity contribution >= 4 is 17.4 Å². The third-order valence-electron chi connectivity index (χ3n) is 5.99. The van der Waals surface area contributed by atoms with Crippen molar-refractivity contribution in [1.82, 2.24) is 19.8 Å². The lowest BCUT2D eigenvalue weighted by atomic mass is 9.93. The molecular formula is C23H31N5O. The fourth-order valence-electron chi connectivity index (χ4n) is 4.43. The third kappa shape index (κ3) is 4.93. The van der Waals surface area contributed by atoms with Crippen LogP contribution in [0.5, 0.6) is 0 Å². The van der Waals surface area contributed by atoms with Crippen molar-refractivity contribution in [3.8, 4) is 0 Å². The Balaban J connectivity index is 1.45. The number of aromatic nitrogens is 2. The average Bonchev–Trinajstić information content (AvgIpc) is 3.25. The van der Waals surface area contributed by atoms with Gasteiger partial charge in [0.2, 0.25) is 5.91 Å². The highest BCUT2D eigenvalue weighted by atomic mass is 16.2. The third-order valence-corrected chi connectivity index (χ3v) is 5.99. The lowest BCUT2D eigenvalue weighted by Crippen LogP contribution is -2.43. The number of anilines is 2. The molecule has 0 aromatic carbocycles. The van der Waals surface area contributed by atoms with Gasteiger partial charge in [0.25, 0.3) is 0 Å². The van der Waals surface area contributed by atoms with Gasteiger partial charge in [0, 0.05) is 48.8 Å². The van der Waals surface area contributed by atoms with Gasteiger partial charge >= 0.3 is 0 Å².